The number of hydrogen-bond acceptors (Lipinski definition) is 3. The van der Waals surface area contributed by atoms with Gasteiger partial charge in [0.25, 0.3) is 0 Å². The Balaban J connectivity index is 2.53. The molecule has 0 amide bonds. The zero-order valence-electron chi connectivity index (χ0n) is 7.59. The monoisotopic (exact) mass is 244 g/mol. The zero-order chi connectivity index (χ0) is 9.68. The number of pyridine rings is 1. The molecule has 1 aromatic rings. The van der Waals surface area contributed by atoms with Crippen LogP contribution >= 0.6 is 15.9 Å². The van der Waals surface area contributed by atoms with Crippen LogP contribution < -0.4 is 10.5 Å². The van der Waals surface area contributed by atoms with E-state index in [2.05, 4.69) is 20.9 Å². The molecule has 0 saturated carbocycles. The summed E-state index contributed by atoms with van der Waals surface area (Å²) in [5.41, 5.74) is 6.27. The van der Waals surface area contributed by atoms with Gasteiger partial charge in [0.05, 0.1) is 12.3 Å². The molecule has 13 heavy (non-hydrogen) atoms. The van der Waals surface area contributed by atoms with Crippen molar-refractivity contribution >= 4 is 15.9 Å². The normalized spacial score (nSPS) is 10.1. The van der Waals surface area contributed by atoms with Gasteiger partial charge in [-0.15, -0.1) is 0 Å². The number of rotatable bonds is 4. The second-order valence-electron chi connectivity index (χ2n) is 2.71. The van der Waals surface area contributed by atoms with Crippen LogP contribution in [0.25, 0.3) is 0 Å². The van der Waals surface area contributed by atoms with E-state index in [1.54, 1.807) is 0 Å². The number of hydrogen-bond donors (Lipinski definition) is 1. The topological polar surface area (TPSA) is 48.1 Å². The van der Waals surface area contributed by atoms with E-state index in [4.69, 9.17) is 10.5 Å². The summed E-state index contributed by atoms with van der Waals surface area (Å²) in [7, 11) is 0. The highest BCUT2D eigenvalue weighted by atomic mass is 79.9. The van der Waals surface area contributed by atoms with Crippen LogP contribution in [-0.2, 0) is 0 Å². The standard InChI is InChI=1S/C9H13BrN2O/c1-7-8(10)3-4-9(12-7)13-6-2-5-11/h3-4H,2,5-6,11H2,1H3. The highest BCUT2D eigenvalue weighted by Crippen LogP contribution is 2.17. The second-order valence-corrected chi connectivity index (χ2v) is 3.56. The molecule has 0 fully saturated rings. The maximum absolute atomic E-state index is 5.37. The Morgan fingerprint density at radius 1 is 1.54 bits per heavy atom. The number of nitrogens with two attached hydrogens (primary N) is 1. The lowest BCUT2D eigenvalue weighted by molar-refractivity contribution is 0.301. The van der Waals surface area contributed by atoms with Crippen LogP contribution in [0.5, 0.6) is 5.88 Å². The first kappa shape index (κ1) is 10.5. The minimum atomic E-state index is 0.630. The van der Waals surface area contributed by atoms with Crippen LogP contribution in [0.2, 0.25) is 0 Å². The SMILES string of the molecule is Cc1nc(OCCCN)ccc1Br. The molecule has 4 heteroatoms. The molecule has 0 spiro atoms. The zero-order valence-corrected chi connectivity index (χ0v) is 9.17. The minimum Gasteiger partial charge on any atom is -0.478 e. The van der Waals surface area contributed by atoms with Gasteiger partial charge < -0.3 is 10.5 Å². The number of nitrogens with zero attached hydrogens (tertiary/aromatic N) is 1. The summed E-state index contributed by atoms with van der Waals surface area (Å²) in [5, 5.41) is 0. The summed E-state index contributed by atoms with van der Waals surface area (Å²) in [4.78, 5) is 4.23. The molecular formula is C9H13BrN2O. The third kappa shape index (κ3) is 3.32. The average Bonchev–Trinajstić information content (AvgIpc) is 2.12. The summed E-state index contributed by atoms with van der Waals surface area (Å²) >= 11 is 3.37. The average molecular weight is 245 g/mol. The van der Waals surface area contributed by atoms with Gasteiger partial charge in [0.15, 0.2) is 0 Å². The molecule has 0 unspecified atom stereocenters. The lowest BCUT2D eigenvalue weighted by atomic mass is 10.4. The quantitative estimate of drug-likeness (QED) is 0.824. The molecule has 0 radical (unpaired) electrons. The van der Waals surface area contributed by atoms with E-state index in [0.717, 1.165) is 16.6 Å². The first-order valence-electron chi connectivity index (χ1n) is 4.20. The molecule has 0 atom stereocenters. The second kappa shape index (κ2) is 5.19. The summed E-state index contributed by atoms with van der Waals surface area (Å²) in [6.45, 7) is 3.21. The van der Waals surface area contributed by atoms with Gasteiger partial charge in [-0.1, -0.05) is 0 Å². The third-order valence-electron chi connectivity index (χ3n) is 1.59. The smallest absolute Gasteiger partial charge is 0.213 e. The maximum atomic E-state index is 5.37. The maximum Gasteiger partial charge on any atom is 0.213 e. The molecule has 2 N–H and O–H groups in total. The van der Waals surface area contributed by atoms with Gasteiger partial charge in [-0.25, -0.2) is 4.98 Å². The van der Waals surface area contributed by atoms with E-state index in [1.165, 1.54) is 0 Å². The van der Waals surface area contributed by atoms with E-state index < -0.39 is 0 Å². The van der Waals surface area contributed by atoms with E-state index >= 15 is 0 Å². The van der Waals surface area contributed by atoms with Gasteiger partial charge in [0.2, 0.25) is 5.88 Å². The van der Waals surface area contributed by atoms with E-state index in [9.17, 15) is 0 Å². The fraction of sp³-hybridized carbons (Fsp3) is 0.444. The van der Waals surface area contributed by atoms with E-state index in [1.807, 2.05) is 19.1 Å². The van der Waals surface area contributed by atoms with Gasteiger partial charge >= 0.3 is 0 Å². The Morgan fingerprint density at radius 3 is 2.92 bits per heavy atom. The molecule has 0 bridgehead atoms. The van der Waals surface area contributed by atoms with Crippen LogP contribution in [0, 0.1) is 6.92 Å². The number of halogens is 1. The van der Waals surface area contributed by atoms with Gasteiger partial charge in [-0.2, -0.15) is 0 Å². The van der Waals surface area contributed by atoms with Crippen molar-refractivity contribution in [1.82, 2.24) is 4.98 Å². The lowest BCUT2D eigenvalue weighted by Crippen LogP contribution is -2.07. The minimum absolute atomic E-state index is 0.630. The van der Waals surface area contributed by atoms with Crippen molar-refractivity contribution in [3.05, 3.63) is 22.3 Å². The van der Waals surface area contributed by atoms with Crippen molar-refractivity contribution in [2.24, 2.45) is 5.73 Å². The predicted octanol–water partition coefficient (Wildman–Crippen LogP) is 1.88. The molecule has 0 saturated heterocycles. The molecule has 72 valence electrons. The molecule has 0 aliphatic rings. The number of ether oxygens (including phenoxy) is 1. The van der Waals surface area contributed by atoms with Gasteiger partial charge in [-0.05, 0) is 41.9 Å². The van der Waals surface area contributed by atoms with Crippen molar-refractivity contribution in [3.63, 3.8) is 0 Å². The van der Waals surface area contributed by atoms with Crippen LogP contribution in [0.3, 0.4) is 0 Å². The van der Waals surface area contributed by atoms with E-state index in [-0.39, 0.29) is 0 Å². The van der Waals surface area contributed by atoms with Crippen molar-refractivity contribution in [3.8, 4) is 5.88 Å². The molecule has 0 aliphatic carbocycles. The van der Waals surface area contributed by atoms with E-state index in [0.29, 0.717) is 19.0 Å². The van der Waals surface area contributed by atoms with Crippen LogP contribution in [0.15, 0.2) is 16.6 Å². The summed E-state index contributed by atoms with van der Waals surface area (Å²) < 4.78 is 6.37. The van der Waals surface area contributed by atoms with Crippen molar-refractivity contribution in [1.29, 1.82) is 0 Å². The molecule has 0 aromatic carbocycles. The van der Waals surface area contributed by atoms with Gasteiger partial charge in [-0.3, -0.25) is 0 Å². The summed E-state index contributed by atoms with van der Waals surface area (Å²) in [5.74, 6) is 0.661. The largest absolute Gasteiger partial charge is 0.478 e. The Labute approximate surface area is 86.4 Å². The van der Waals surface area contributed by atoms with Crippen molar-refractivity contribution in [2.75, 3.05) is 13.2 Å². The van der Waals surface area contributed by atoms with Crippen LogP contribution in [0.1, 0.15) is 12.1 Å². The number of aromatic nitrogens is 1. The van der Waals surface area contributed by atoms with Gasteiger partial charge in [0, 0.05) is 10.5 Å². The molecule has 3 nitrogen and oxygen atoms in total. The summed E-state index contributed by atoms with van der Waals surface area (Å²) in [6.07, 6.45) is 0.858. The molecule has 1 rings (SSSR count). The first-order chi connectivity index (χ1) is 6.24. The molecule has 1 heterocycles. The van der Waals surface area contributed by atoms with Crippen LogP contribution in [0.4, 0.5) is 0 Å². The number of aryl methyl sites for hydroxylation is 1. The fourth-order valence-corrected chi connectivity index (χ4v) is 1.08. The van der Waals surface area contributed by atoms with Gasteiger partial charge in [0.1, 0.15) is 0 Å². The lowest BCUT2D eigenvalue weighted by Gasteiger charge is -2.05. The molecule has 1 aromatic heterocycles. The van der Waals surface area contributed by atoms with Crippen molar-refractivity contribution < 1.29 is 4.74 Å². The Kier molecular flexibility index (Phi) is 4.18. The predicted molar refractivity (Wildman–Crippen MR) is 55.8 cm³/mol. The molecule has 0 aliphatic heterocycles. The fourth-order valence-electron chi connectivity index (χ4n) is 0.861. The first-order valence-corrected chi connectivity index (χ1v) is 4.99. The summed E-state index contributed by atoms with van der Waals surface area (Å²) in [6, 6.07) is 3.77. The Bertz CT molecular complexity index is 278. The third-order valence-corrected chi connectivity index (χ3v) is 2.43. The highest BCUT2D eigenvalue weighted by molar-refractivity contribution is 9.10. The van der Waals surface area contributed by atoms with Crippen LogP contribution in [-0.4, -0.2) is 18.1 Å². The Hall–Kier alpha value is -0.610. The van der Waals surface area contributed by atoms with Crippen molar-refractivity contribution in [2.45, 2.75) is 13.3 Å². The highest BCUT2D eigenvalue weighted by Gasteiger charge is 1.98. The Morgan fingerprint density at radius 2 is 2.31 bits per heavy atom. The molecular weight excluding hydrogens is 232 g/mol.